The van der Waals surface area contributed by atoms with Gasteiger partial charge in [-0.2, -0.15) is 0 Å². The Kier molecular flexibility index (Phi) is 3.47. The molecule has 0 unspecified atom stereocenters. The SMILES string of the molecule is COc1cccc(S(=O)(=O)Nc2cccnc2)c1. The molecule has 18 heavy (non-hydrogen) atoms. The fourth-order valence-electron chi connectivity index (χ4n) is 1.41. The van der Waals surface area contributed by atoms with E-state index in [1.165, 1.54) is 25.4 Å². The van der Waals surface area contributed by atoms with Gasteiger partial charge in [-0.05, 0) is 24.3 Å². The van der Waals surface area contributed by atoms with Crippen LogP contribution in [0.3, 0.4) is 0 Å². The summed E-state index contributed by atoms with van der Waals surface area (Å²) in [5.41, 5.74) is 0.417. The summed E-state index contributed by atoms with van der Waals surface area (Å²) in [6, 6.07) is 9.55. The van der Waals surface area contributed by atoms with Gasteiger partial charge in [0.1, 0.15) is 5.75 Å². The van der Waals surface area contributed by atoms with E-state index >= 15 is 0 Å². The third-order valence-corrected chi connectivity index (χ3v) is 3.64. The van der Waals surface area contributed by atoms with Crippen molar-refractivity contribution < 1.29 is 13.2 Å². The molecule has 0 aliphatic carbocycles. The van der Waals surface area contributed by atoms with Crippen molar-refractivity contribution in [2.24, 2.45) is 0 Å². The van der Waals surface area contributed by atoms with Gasteiger partial charge in [-0.3, -0.25) is 9.71 Å². The van der Waals surface area contributed by atoms with Gasteiger partial charge in [0.05, 0.1) is 23.9 Å². The van der Waals surface area contributed by atoms with Crippen LogP contribution in [0.15, 0.2) is 53.7 Å². The highest BCUT2D eigenvalue weighted by Crippen LogP contribution is 2.19. The topological polar surface area (TPSA) is 68.3 Å². The Bertz CT molecular complexity index is 627. The van der Waals surface area contributed by atoms with Crippen LogP contribution >= 0.6 is 0 Å². The number of rotatable bonds is 4. The maximum absolute atomic E-state index is 12.1. The van der Waals surface area contributed by atoms with Gasteiger partial charge in [-0.25, -0.2) is 8.42 Å². The van der Waals surface area contributed by atoms with Crippen LogP contribution in [-0.4, -0.2) is 20.5 Å². The van der Waals surface area contributed by atoms with E-state index < -0.39 is 10.0 Å². The minimum absolute atomic E-state index is 0.144. The summed E-state index contributed by atoms with van der Waals surface area (Å²) in [5, 5.41) is 0. The predicted molar refractivity (Wildman–Crippen MR) is 68.0 cm³/mol. The number of nitrogens with one attached hydrogen (secondary N) is 1. The first-order valence-corrected chi connectivity index (χ1v) is 6.67. The summed E-state index contributed by atoms with van der Waals surface area (Å²) in [7, 11) is -2.13. The summed E-state index contributed by atoms with van der Waals surface area (Å²) in [5.74, 6) is 0.490. The molecule has 6 heteroatoms. The van der Waals surface area contributed by atoms with Gasteiger partial charge >= 0.3 is 0 Å². The highest BCUT2D eigenvalue weighted by atomic mass is 32.2. The Labute approximate surface area is 105 Å². The van der Waals surface area contributed by atoms with Gasteiger partial charge in [0, 0.05) is 12.3 Å². The summed E-state index contributed by atoms with van der Waals surface area (Å²) in [4.78, 5) is 3.99. The van der Waals surface area contributed by atoms with Gasteiger partial charge in [0.25, 0.3) is 10.0 Å². The van der Waals surface area contributed by atoms with Gasteiger partial charge in [0.2, 0.25) is 0 Å². The summed E-state index contributed by atoms with van der Waals surface area (Å²) in [6.45, 7) is 0. The average molecular weight is 264 g/mol. The first-order chi connectivity index (χ1) is 8.62. The van der Waals surface area contributed by atoms with Crippen molar-refractivity contribution in [3.63, 3.8) is 0 Å². The molecule has 94 valence electrons. The zero-order chi connectivity index (χ0) is 13.0. The van der Waals surface area contributed by atoms with Crippen LogP contribution < -0.4 is 9.46 Å². The molecule has 0 aliphatic rings. The minimum atomic E-state index is -3.62. The number of hydrogen-bond acceptors (Lipinski definition) is 4. The maximum Gasteiger partial charge on any atom is 0.262 e. The predicted octanol–water partition coefficient (Wildman–Crippen LogP) is 1.89. The molecule has 0 fully saturated rings. The second kappa shape index (κ2) is 5.05. The zero-order valence-electron chi connectivity index (χ0n) is 9.70. The Morgan fingerprint density at radius 1 is 1.22 bits per heavy atom. The lowest BCUT2D eigenvalue weighted by atomic mass is 10.3. The van der Waals surface area contributed by atoms with E-state index in [4.69, 9.17) is 4.74 Å². The van der Waals surface area contributed by atoms with Crippen molar-refractivity contribution in [2.75, 3.05) is 11.8 Å². The van der Waals surface area contributed by atoms with Crippen molar-refractivity contribution in [3.05, 3.63) is 48.8 Å². The van der Waals surface area contributed by atoms with Gasteiger partial charge in [-0.15, -0.1) is 0 Å². The normalized spacial score (nSPS) is 10.9. The van der Waals surface area contributed by atoms with Crippen molar-refractivity contribution >= 4 is 15.7 Å². The molecule has 0 saturated carbocycles. The summed E-state index contributed by atoms with van der Waals surface area (Å²) < 4.78 is 31.6. The first-order valence-electron chi connectivity index (χ1n) is 5.19. The quantitative estimate of drug-likeness (QED) is 0.915. The van der Waals surface area contributed by atoms with Crippen LogP contribution in [0.4, 0.5) is 5.69 Å². The molecule has 1 aromatic carbocycles. The lowest BCUT2D eigenvalue weighted by molar-refractivity contribution is 0.413. The zero-order valence-corrected chi connectivity index (χ0v) is 10.5. The minimum Gasteiger partial charge on any atom is -0.497 e. The number of aromatic nitrogens is 1. The molecule has 0 spiro atoms. The highest BCUT2D eigenvalue weighted by Gasteiger charge is 2.14. The lowest BCUT2D eigenvalue weighted by Gasteiger charge is -2.08. The molecule has 0 atom stereocenters. The molecule has 1 N–H and O–H groups in total. The fraction of sp³-hybridized carbons (Fsp3) is 0.0833. The highest BCUT2D eigenvalue weighted by molar-refractivity contribution is 7.92. The molecule has 2 rings (SSSR count). The molecule has 2 aromatic rings. The van der Waals surface area contributed by atoms with E-state index in [1.807, 2.05) is 0 Å². The molecule has 1 aromatic heterocycles. The van der Waals surface area contributed by atoms with E-state index in [2.05, 4.69) is 9.71 Å². The number of pyridine rings is 1. The number of nitrogens with zero attached hydrogens (tertiary/aromatic N) is 1. The number of benzene rings is 1. The monoisotopic (exact) mass is 264 g/mol. The second-order valence-electron chi connectivity index (χ2n) is 3.53. The van der Waals surface area contributed by atoms with Crippen molar-refractivity contribution in [1.29, 1.82) is 0 Å². The number of ether oxygens (including phenoxy) is 1. The van der Waals surface area contributed by atoms with E-state index in [-0.39, 0.29) is 4.90 Å². The van der Waals surface area contributed by atoms with Crippen molar-refractivity contribution in [3.8, 4) is 5.75 Å². The third-order valence-electron chi connectivity index (χ3n) is 2.27. The molecular formula is C12H12N2O3S. The molecular weight excluding hydrogens is 252 g/mol. The largest absolute Gasteiger partial charge is 0.497 e. The third kappa shape index (κ3) is 2.78. The summed E-state index contributed by atoms with van der Waals surface area (Å²) >= 11 is 0. The maximum atomic E-state index is 12.1. The molecule has 0 radical (unpaired) electrons. The number of methoxy groups -OCH3 is 1. The standard InChI is InChI=1S/C12H12N2O3S/c1-17-11-5-2-6-12(8-11)18(15,16)14-10-4-3-7-13-9-10/h2-9,14H,1H3. The van der Waals surface area contributed by atoms with Crippen LogP contribution in [0, 0.1) is 0 Å². The fourth-order valence-corrected chi connectivity index (χ4v) is 2.48. The lowest BCUT2D eigenvalue weighted by Crippen LogP contribution is -2.13. The van der Waals surface area contributed by atoms with Crippen molar-refractivity contribution in [1.82, 2.24) is 4.98 Å². The number of hydrogen-bond donors (Lipinski definition) is 1. The van der Waals surface area contributed by atoms with Crippen LogP contribution in [-0.2, 0) is 10.0 Å². The van der Waals surface area contributed by atoms with E-state index in [0.717, 1.165) is 0 Å². The smallest absolute Gasteiger partial charge is 0.262 e. The van der Waals surface area contributed by atoms with Gasteiger partial charge < -0.3 is 4.74 Å². The Hall–Kier alpha value is -2.08. The average Bonchev–Trinajstić information content (AvgIpc) is 2.39. The van der Waals surface area contributed by atoms with Crippen LogP contribution in [0.2, 0.25) is 0 Å². The van der Waals surface area contributed by atoms with E-state index in [1.54, 1.807) is 30.5 Å². The molecule has 0 bridgehead atoms. The second-order valence-corrected chi connectivity index (χ2v) is 5.21. The number of sulfonamides is 1. The Morgan fingerprint density at radius 3 is 2.72 bits per heavy atom. The molecule has 0 amide bonds. The Balaban J connectivity index is 2.31. The number of anilines is 1. The van der Waals surface area contributed by atoms with Crippen LogP contribution in [0.5, 0.6) is 5.75 Å². The Morgan fingerprint density at radius 2 is 2.06 bits per heavy atom. The molecule has 1 heterocycles. The molecule has 0 aliphatic heterocycles. The molecule has 5 nitrogen and oxygen atoms in total. The van der Waals surface area contributed by atoms with Crippen LogP contribution in [0.1, 0.15) is 0 Å². The first kappa shape index (κ1) is 12.4. The van der Waals surface area contributed by atoms with Crippen LogP contribution in [0.25, 0.3) is 0 Å². The van der Waals surface area contributed by atoms with Gasteiger partial charge in [0.15, 0.2) is 0 Å². The summed E-state index contributed by atoms with van der Waals surface area (Å²) in [6.07, 6.45) is 3.01. The van der Waals surface area contributed by atoms with Gasteiger partial charge in [-0.1, -0.05) is 6.07 Å². The van der Waals surface area contributed by atoms with E-state index in [9.17, 15) is 8.42 Å². The van der Waals surface area contributed by atoms with E-state index in [0.29, 0.717) is 11.4 Å². The van der Waals surface area contributed by atoms with Crippen molar-refractivity contribution in [2.45, 2.75) is 4.90 Å². The molecule has 0 saturated heterocycles.